The van der Waals surface area contributed by atoms with E-state index in [2.05, 4.69) is 29.0 Å². The van der Waals surface area contributed by atoms with Crippen molar-refractivity contribution in [1.82, 2.24) is 10.3 Å². The largest absolute Gasteiger partial charge is 0.495 e. The third-order valence-corrected chi connectivity index (χ3v) is 4.38. The van der Waals surface area contributed by atoms with Crippen LogP contribution in [0.3, 0.4) is 0 Å². The van der Waals surface area contributed by atoms with E-state index in [1.54, 1.807) is 18.4 Å². The number of nitrogens with zero attached hydrogens (tertiary/aromatic N) is 2. The predicted octanol–water partition coefficient (Wildman–Crippen LogP) is 3.34. The van der Waals surface area contributed by atoms with Gasteiger partial charge in [-0.3, -0.25) is 0 Å². The van der Waals surface area contributed by atoms with E-state index in [1.165, 1.54) is 4.88 Å². The van der Waals surface area contributed by atoms with Crippen LogP contribution in [0, 0.1) is 6.92 Å². The summed E-state index contributed by atoms with van der Waals surface area (Å²) in [6.07, 6.45) is 0. The van der Waals surface area contributed by atoms with Crippen LogP contribution in [0.1, 0.15) is 17.5 Å². The molecule has 108 valence electrons. The van der Waals surface area contributed by atoms with Gasteiger partial charge in [-0.2, -0.15) is 0 Å². The molecule has 2 aromatic rings. The van der Waals surface area contributed by atoms with Crippen molar-refractivity contribution in [3.63, 3.8) is 0 Å². The minimum absolute atomic E-state index is 0.857. The third-order valence-electron chi connectivity index (χ3n) is 3.15. The molecule has 0 fully saturated rings. The predicted molar refractivity (Wildman–Crippen MR) is 85.3 cm³/mol. The Hall–Kier alpha value is -1.59. The zero-order chi connectivity index (χ0) is 14.5. The molecule has 0 saturated carbocycles. The molecule has 0 bridgehead atoms. The van der Waals surface area contributed by atoms with Crippen molar-refractivity contribution in [2.24, 2.45) is 0 Å². The highest BCUT2D eigenvalue weighted by Gasteiger charge is 2.15. The number of ether oxygens (including phenoxy) is 1. The van der Waals surface area contributed by atoms with Crippen molar-refractivity contribution in [2.45, 2.75) is 20.4 Å². The zero-order valence-electron chi connectivity index (χ0n) is 12.4. The van der Waals surface area contributed by atoms with Gasteiger partial charge < -0.3 is 15.0 Å². The monoisotopic (exact) mass is 291 g/mol. The van der Waals surface area contributed by atoms with E-state index in [4.69, 9.17) is 4.74 Å². The summed E-state index contributed by atoms with van der Waals surface area (Å²) in [7, 11) is 3.71. The van der Waals surface area contributed by atoms with Crippen molar-refractivity contribution in [1.29, 1.82) is 0 Å². The van der Waals surface area contributed by atoms with Gasteiger partial charge in [-0.05, 0) is 25.6 Å². The number of para-hydroxylation sites is 2. The van der Waals surface area contributed by atoms with Crippen LogP contribution >= 0.6 is 11.3 Å². The van der Waals surface area contributed by atoms with Gasteiger partial charge in [0.15, 0.2) is 5.13 Å². The molecule has 1 aromatic carbocycles. The number of hydrogen-bond acceptors (Lipinski definition) is 5. The van der Waals surface area contributed by atoms with E-state index in [0.717, 1.165) is 35.4 Å². The second-order valence-corrected chi connectivity index (χ2v) is 5.58. The molecule has 0 amide bonds. The van der Waals surface area contributed by atoms with E-state index in [0.29, 0.717) is 0 Å². The summed E-state index contributed by atoms with van der Waals surface area (Å²) < 4.78 is 5.41. The van der Waals surface area contributed by atoms with Gasteiger partial charge in [-0.25, -0.2) is 4.98 Å². The average Bonchev–Trinajstić information content (AvgIpc) is 2.85. The van der Waals surface area contributed by atoms with Crippen molar-refractivity contribution in [3.05, 3.63) is 34.8 Å². The molecular formula is C15H21N3OS. The van der Waals surface area contributed by atoms with Crippen LogP contribution < -0.4 is 15.0 Å². The van der Waals surface area contributed by atoms with Crippen LogP contribution in [-0.2, 0) is 6.54 Å². The van der Waals surface area contributed by atoms with Crippen LogP contribution in [0.25, 0.3) is 0 Å². The van der Waals surface area contributed by atoms with Crippen LogP contribution in [0.5, 0.6) is 5.75 Å². The van der Waals surface area contributed by atoms with E-state index >= 15 is 0 Å². The normalized spacial score (nSPS) is 10.6. The molecule has 1 heterocycles. The second-order valence-electron chi connectivity index (χ2n) is 4.52. The van der Waals surface area contributed by atoms with Crippen molar-refractivity contribution in [3.8, 4) is 5.75 Å². The first kappa shape index (κ1) is 14.8. The standard InChI is InChI=1S/C15H21N3OS/c1-5-16-10-14-11(2)17-15(20-14)18(3)12-8-6-7-9-13(12)19-4/h6-9,16H,5,10H2,1-4H3. The maximum atomic E-state index is 5.41. The fraction of sp³-hybridized carbons (Fsp3) is 0.400. The highest BCUT2D eigenvalue weighted by atomic mass is 32.1. The Morgan fingerprint density at radius 1 is 1.35 bits per heavy atom. The summed E-state index contributed by atoms with van der Waals surface area (Å²) in [6, 6.07) is 7.99. The molecule has 0 unspecified atom stereocenters. The number of rotatable bonds is 6. The van der Waals surface area contributed by atoms with Gasteiger partial charge in [0.05, 0.1) is 18.5 Å². The van der Waals surface area contributed by atoms with Crippen LogP contribution in [0.2, 0.25) is 0 Å². The Morgan fingerprint density at radius 2 is 2.10 bits per heavy atom. The molecule has 0 spiro atoms. The van der Waals surface area contributed by atoms with Crippen molar-refractivity contribution < 1.29 is 4.74 Å². The fourth-order valence-electron chi connectivity index (χ4n) is 1.97. The molecule has 0 atom stereocenters. The average molecular weight is 291 g/mol. The maximum absolute atomic E-state index is 5.41. The lowest BCUT2D eigenvalue weighted by Gasteiger charge is -2.18. The second kappa shape index (κ2) is 6.72. The molecule has 20 heavy (non-hydrogen) atoms. The molecule has 1 aromatic heterocycles. The Bertz CT molecular complexity index is 568. The van der Waals surface area contributed by atoms with Crippen LogP contribution in [-0.4, -0.2) is 25.7 Å². The van der Waals surface area contributed by atoms with Gasteiger partial charge in [0.25, 0.3) is 0 Å². The van der Waals surface area contributed by atoms with E-state index in [1.807, 2.05) is 31.3 Å². The van der Waals surface area contributed by atoms with Gasteiger partial charge in [0.1, 0.15) is 5.75 Å². The maximum Gasteiger partial charge on any atom is 0.190 e. The Morgan fingerprint density at radius 3 is 2.80 bits per heavy atom. The number of anilines is 2. The molecule has 0 aliphatic rings. The number of hydrogen-bond donors (Lipinski definition) is 1. The highest BCUT2D eigenvalue weighted by Crippen LogP contribution is 2.35. The molecule has 0 aliphatic heterocycles. The number of nitrogens with one attached hydrogen (secondary N) is 1. The quantitative estimate of drug-likeness (QED) is 0.886. The van der Waals surface area contributed by atoms with Gasteiger partial charge in [-0.1, -0.05) is 30.4 Å². The van der Waals surface area contributed by atoms with Gasteiger partial charge in [-0.15, -0.1) is 0 Å². The lowest BCUT2D eigenvalue weighted by Crippen LogP contribution is -2.11. The SMILES string of the molecule is CCNCc1sc(N(C)c2ccccc2OC)nc1C. The summed E-state index contributed by atoms with van der Waals surface area (Å²) in [5.41, 5.74) is 2.12. The Labute approximate surface area is 124 Å². The molecule has 5 heteroatoms. The first-order valence-electron chi connectivity index (χ1n) is 6.71. The number of benzene rings is 1. The highest BCUT2D eigenvalue weighted by molar-refractivity contribution is 7.15. The molecule has 4 nitrogen and oxygen atoms in total. The summed E-state index contributed by atoms with van der Waals surface area (Å²) in [6.45, 7) is 6.01. The summed E-state index contributed by atoms with van der Waals surface area (Å²) in [5, 5.41) is 4.33. The fourth-order valence-corrected chi connectivity index (χ4v) is 2.97. The number of thiazole rings is 1. The topological polar surface area (TPSA) is 37.4 Å². The number of aromatic nitrogens is 1. The molecule has 2 rings (SSSR count). The number of aryl methyl sites for hydroxylation is 1. The van der Waals surface area contributed by atoms with Crippen molar-refractivity contribution in [2.75, 3.05) is 25.6 Å². The summed E-state index contributed by atoms with van der Waals surface area (Å²) >= 11 is 1.72. The molecule has 0 aliphatic carbocycles. The number of methoxy groups -OCH3 is 1. The minimum atomic E-state index is 0.857. The molecule has 1 N–H and O–H groups in total. The van der Waals surface area contributed by atoms with Gasteiger partial charge >= 0.3 is 0 Å². The lowest BCUT2D eigenvalue weighted by molar-refractivity contribution is 0.415. The smallest absolute Gasteiger partial charge is 0.190 e. The van der Waals surface area contributed by atoms with Crippen LogP contribution in [0.4, 0.5) is 10.8 Å². The summed E-state index contributed by atoms with van der Waals surface area (Å²) in [4.78, 5) is 8.02. The first-order valence-corrected chi connectivity index (χ1v) is 7.52. The van der Waals surface area contributed by atoms with Gasteiger partial charge in [0, 0.05) is 18.5 Å². The van der Waals surface area contributed by atoms with E-state index < -0.39 is 0 Å². The molecule has 0 radical (unpaired) electrons. The third kappa shape index (κ3) is 3.11. The lowest BCUT2D eigenvalue weighted by atomic mass is 10.3. The Kier molecular flexibility index (Phi) is 4.98. The zero-order valence-corrected chi connectivity index (χ0v) is 13.3. The molecule has 0 saturated heterocycles. The van der Waals surface area contributed by atoms with E-state index in [9.17, 15) is 0 Å². The summed E-state index contributed by atoms with van der Waals surface area (Å²) in [5.74, 6) is 0.857. The minimum Gasteiger partial charge on any atom is -0.495 e. The Balaban J connectivity index is 2.26. The molecular weight excluding hydrogens is 270 g/mol. The van der Waals surface area contributed by atoms with Crippen molar-refractivity contribution >= 4 is 22.2 Å². The van der Waals surface area contributed by atoms with E-state index in [-0.39, 0.29) is 0 Å². The van der Waals surface area contributed by atoms with Crippen LogP contribution in [0.15, 0.2) is 24.3 Å². The van der Waals surface area contributed by atoms with Gasteiger partial charge in [0.2, 0.25) is 0 Å². The first-order chi connectivity index (χ1) is 9.67.